The van der Waals surface area contributed by atoms with Crippen molar-refractivity contribution < 1.29 is 29.6 Å². The second kappa shape index (κ2) is 10.7. The van der Waals surface area contributed by atoms with Gasteiger partial charge in [0.05, 0.1) is 12.0 Å². The van der Waals surface area contributed by atoms with E-state index >= 15 is 0 Å². The molecule has 1 aromatic rings. The number of phenolic OH excluding ortho intramolecular Hbond substituents is 1. The third-order valence-electron chi connectivity index (χ3n) is 14.7. The Morgan fingerprint density at radius 3 is 2.27 bits per heavy atom. The Hall–Kier alpha value is -2.60. The molecule has 0 amide bonds. The van der Waals surface area contributed by atoms with Crippen molar-refractivity contribution in [3.63, 3.8) is 0 Å². The molecule has 3 N–H and O–H groups in total. The molecule has 45 heavy (non-hydrogen) atoms. The molecule has 0 spiro atoms. The predicted molar refractivity (Wildman–Crippen MR) is 175 cm³/mol. The molecule has 6 rings (SSSR count). The van der Waals surface area contributed by atoms with Crippen LogP contribution in [-0.4, -0.2) is 40.0 Å². The van der Waals surface area contributed by atoms with Crippen LogP contribution >= 0.6 is 0 Å². The number of fused-ring (bicyclic) bond motifs is 7. The zero-order valence-corrected chi connectivity index (χ0v) is 28.2. The number of hydrogen-bond donors (Lipinski definition) is 3. The van der Waals surface area contributed by atoms with Gasteiger partial charge in [-0.25, -0.2) is 4.79 Å². The van der Waals surface area contributed by atoms with E-state index in [-0.39, 0.29) is 52.0 Å². The molecule has 246 valence electrons. The molecule has 0 aliphatic heterocycles. The molecule has 0 radical (unpaired) electrons. The van der Waals surface area contributed by atoms with Crippen LogP contribution < -0.4 is 0 Å². The van der Waals surface area contributed by atoms with Crippen LogP contribution in [-0.2, 0) is 14.3 Å². The van der Waals surface area contributed by atoms with Gasteiger partial charge in [-0.15, -0.1) is 0 Å². The second-order valence-electron chi connectivity index (χ2n) is 17.2. The van der Waals surface area contributed by atoms with Gasteiger partial charge in [-0.05, 0) is 127 Å². The Morgan fingerprint density at radius 1 is 0.911 bits per heavy atom. The number of carboxylic acids is 1. The molecule has 0 bridgehead atoms. The zero-order valence-electron chi connectivity index (χ0n) is 28.2. The summed E-state index contributed by atoms with van der Waals surface area (Å²) in [5, 5.41) is 31.2. The lowest BCUT2D eigenvalue weighted by Crippen LogP contribution is -2.66. The van der Waals surface area contributed by atoms with Crippen molar-refractivity contribution in [1.29, 1.82) is 0 Å². The SMILES string of the molecule is CC1(C)CC[C@]2(C(=O)O)CC[C@@]3(C)C(=CC[C@H]4[C@]5(C)CC[C@@H](OC(=O)C=Cc6ccc(O)cc6)[C@@](C)(CO)[C@@H]5CC[C@]43C)[C@H]2C1. The Kier molecular flexibility index (Phi) is 7.70. The van der Waals surface area contributed by atoms with Gasteiger partial charge in [0.2, 0.25) is 0 Å². The lowest BCUT2D eigenvalue weighted by atomic mass is 9.33. The minimum absolute atomic E-state index is 0.0291. The number of aliphatic hydroxyl groups is 1. The molecule has 0 heterocycles. The lowest BCUT2D eigenvalue weighted by Gasteiger charge is -2.71. The van der Waals surface area contributed by atoms with Gasteiger partial charge in [-0.2, -0.15) is 0 Å². The summed E-state index contributed by atoms with van der Waals surface area (Å²) in [5.41, 5.74) is 1.11. The summed E-state index contributed by atoms with van der Waals surface area (Å²) in [7, 11) is 0. The minimum Gasteiger partial charge on any atom is -0.508 e. The normalized spacial score (nSPS) is 43.7. The highest BCUT2D eigenvalue weighted by Crippen LogP contribution is 2.75. The van der Waals surface area contributed by atoms with Gasteiger partial charge in [-0.3, -0.25) is 4.79 Å². The first kappa shape index (κ1) is 32.3. The standard InChI is InChI=1S/C39H54O6/c1-34(2)19-21-39(33(43)44)22-20-37(5)27(28(39)23-34)12-13-30-35(3)17-16-31(36(4,24-40)29(35)15-18-38(30,37)6)45-32(42)14-9-25-7-10-26(41)11-8-25/h7-12,14,28-31,40-41H,13,15-24H2,1-6H3,(H,43,44)/t28-,29-,30+,31-,35-,36+,37+,38-,39+/m1/s1. The van der Waals surface area contributed by atoms with E-state index in [0.717, 1.165) is 63.4 Å². The first-order valence-electron chi connectivity index (χ1n) is 17.3. The highest BCUT2D eigenvalue weighted by Gasteiger charge is 2.70. The summed E-state index contributed by atoms with van der Waals surface area (Å²) in [6.45, 7) is 14.1. The van der Waals surface area contributed by atoms with Crippen LogP contribution in [0.2, 0.25) is 0 Å². The van der Waals surface area contributed by atoms with E-state index in [1.54, 1.807) is 30.3 Å². The largest absolute Gasteiger partial charge is 0.508 e. The average molecular weight is 619 g/mol. The van der Waals surface area contributed by atoms with Crippen LogP contribution in [0.1, 0.15) is 111 Å². The van der Waals surface area contributed by atoms with Crippen LogP contribution in [0.25, 0.3) is 6.08 Å². The minimum atomic E-state index is -0.640. The molecule has 5 aliphatic carbocycles. The van der Waals surface area contributed by atoms with Gasteiger partial charge in [0.15, 0.2) is 0 Å². The number of allylic oxidation sites excluding steroid dienone is 2. The summed E-state index contributed by atoms with van der Waals surface area (Å²) in [4.78, 5) is 26.0. The van der Waals surface area contributed by atoms with E-state index in [9.17, 15) is 24.9 Å². The number of phenols is 1. The summed E-state index contributed by atoms with van der Waals surface area (Å²) in [5.74, 6) is -0.130. The fraction of sp³-hybridized carbons (Fsp3) is 0.692. The third kappa shape index (κ3) is 4.74. The number of aliphatic hydroxyl groups excluding tert-OH is 1. The number of aliphatic carboxylic acids is 1. The van der Waals surface area contributed by atoms with Crippen LogP contribution in [0, 0.1) is 50.2 Å². The highest BCUT2D eigenvalue weighted by atomic mass is 16.5. The maximum Gasteiger partial charge on any atom is 0.331 e. The molecule has 0 aromatic heterocycles. The Balaban J connectivity index is 1.28. The van der Waals surface area contributed by atoms with E-state index in [0.29, 0.717) is 12.3 Å². The lowest BCUT2D eigenvalue weighted by molar-refractivity contribution is -0.223. The summed E-state index contributed by atoms with van der Waals surface area (Å²) >= 11 is 0. The van der Waals surface area contributed by atoms with Gasteiger partial charge < -0.3 is 20.1 Å². The predicted octanol–water partition coefficient (Wildman–Crippen LogP) is 8.18. The fourth-order valence-electron chi connectivity index (χ4n) is 11.8. The summed E-state index contributed by atoms with van der Waals surface area (Å²) in [6.07, 6.45) is 14.2. The van der Waals surface area contributed by atoms with Gasteiger partial charge in [0.25, 0.3) is 0 Å². The van der Waals surface area contributed by atoms with Crippen LogP contribution in [0.15, 0.2) is 42.0 Å². The number of carbonyl (C=O) groups is 2. The van der Waals surface area contributed by atoms with Gasteiger partial charge in [-0.1, -0.05) is 65.3 Å². The molecular formula is C39H54O6. The molecule has 0 unspecified atom stereocenters. The number of benzene rings is 1. The van der Waals surface area contributed by atoms with Crippen molar-refractivity contribution in [2.45, 2.75) is 112 Å². The van der Waals surface area contributed by atoms with Crippen molar-refractivity contribution in [3.8, 4) is 5.75 Å². The molecule has 6 heteroatoms. The maximum absolute atomic E-state index is 13.0. The first-order chi connectivity index (χ1) is 21.0. The highest BCUT2D eigenvalue weighted by molar-refractivity contribution is 5.87. The van der Waals surface area contributed by atoms with Gasteiger partial charge >= 0.3 is 11.9 Å². The number of aromatic hydroxyl groups is 1. The molecular weight excluding hydrogens is 564 g/mol. The second-order valence-corrected chi connectivity index (χ2v) is 17.2. The summed E-state index contributed by atoms with van der Waals surface area (Å²) in [6, 6.07) is 6.66. The monoisotopic (exact) mass is 618 g/mol. The number of ether oxygens (including phenoxy) is 1. The zero-order chi connectivity index (χ0) is 32.6. The third-order valence-corrected chi connectivity index (χ3v) is 14.7. The molecule has 4 fully saturated rings. The van der Waals surface area contributed by atoms with Crippen molar-refractivity contribution in [2.75, 3.05) is 6.61 Å². The molecule has 0 saturated heterocycles. The van der Waals surface area contributed by atoms with Gasteiger partial charge in [0.1, 0.15) is 11.9 Å². The number of rotatable bonds is 5. The van der Waals surface area contributed by atoms with Crippen molar-refractivity contribution in [3.05, 3.63) is 47.6 Å². The Bertz CT molecular complexity index is 1410. The van der Waals surface area contributed by atoms with Crippen LogP contribution in [0.3, 0.4) is 0 Å². The Labute approximate surface area is 269 Å². The van der Waals surface area contributed by atoms with Gasteiger partial charge in [0, 0.05) is 11.5 Å². The first-order valence-corrected chi connectivity index (χ1v) is 17.3. The molecule has 5 aliphatic rings. The topological polar surface area (TPSA) is 104 Å². The number of hydrogen-bond acceptors (Lipinski definition) is 5. The van der Waals surface area contributed by atoms with E-state index in [1.165, 1.54) is 11.6 Å². The number of carboxylic acid groups (broad SMARTS) is 1. The molecule has 9 atom stereocenters. The quantitative estimate of drug-likeness (QED) is 0.175. The average Bonchev–Trinajstić information content (AvgIpc) is 2.98. The van der Waals surface area contributed by atoms with Crippen molar-refractivity contribution >= 4 is 18.0 Å². The number of esters is 1. The molecule has 4 saturated carbocycles. The maximum atomic E-state index is 13.0. The van der Waals surface area contributed by atoms with Crippen molar-refractivity contribution in [1.82, 2.24) is 0 Å². The van der Waals surface area contributed by atoms with Crippen LogP contribution in [0.4, 0.5) is 0 Å². The van der Waals surface area contributed by atoms with Crippen molar-refractivity contribution in [2.24, 2.45) is 50.2 Å². The molecule has 1 aromatic carbocycles. The Morgan fingerprint density at radius 2 is 1.60 bits per heavy atom. The van der Waals surface area contributed by atoms with E-state index in [4.69, 9.17) is 4.74 Å². The van der Waals surface area contributed by atoms with E-state index < -0.39 is 22.8 Å². The van der Waals surface area contributed by atoms with E-state index in [2.05, 4.69) is 47.6 Å². The fourth-order valence-corrected chi connectivity index (χ4v) is 11.8. The number of carbonyl (C=O) groups excluding carboxylic acids is 1. The van der Waals surface area contributed by atoms with Crippen LogP contribution in [0.5, 0.6) is 5.75 Å². The summed E-state index contributed by atoms with van der Waals surface area (Å²) < 4.78 is 6.11. The molecule has 6 nitrogen and oxygen atoms in total. The smallest absolute Gasteiger partial charge is 0.331 e. The van der Waals surface area contributed by atoms with E-state index in [1.807, 2.05) is 0 Å².